The highest BCUT2D eigenvalue weighted by atomic mass is 16.5. The van der Waals surface area contributed by atoms with Gasteiger partial charge < -0.3 is 14.8 Å². The van der Waals surface area contributed by atoms with Crippen LogP contribution in [0.2, 0.25) is 0 Å². The van der Waals surface area contributed by atoms with Crippen molar-refractivity contribution >= 4 is 17.7 Å². The number of aryl methyl sites for hydroxylation is 1. The predicted octanol–water partition coefficient (Wildman–Crippen LogP) is 5.23. The van der Waals surface area contributed by atoms with Crippen molar-refractivity contribution in [2.75, 3.05) is 12.4 Å². The summed E-state index contributed by atoms with van der Waals surface area (Å²) in [4.78, 5) is 12.0. The molecule has 0 spiro atoms. The highest BCUT2D eigenvalue weighted by Crippen LogP contribution is 2.29. The molecule has 0 aliphatic rings. The summed E-state index contributed by atoms with van der Waals surface area (Å²) in [6, 6.07) is 23.0. The van der Waals surface area contributed by atoms with Gasteiger partial charge in [0, 0.05) is 11.8 Å². The van der Waals surface area contributed by atoms with Gasteiger partial charge in [0.15, 0.2) is 11.5 Å². The fourth-order valence-corrected chi connectivity index (χ4v) is 2.71. The van der Waals surface area contributed by atoms with E-state index in [2.05, 4.69) is 18.3 Å². The third-order valence-corrected chi connectivity index (χ3v) is 4.30. The van der Waals surface area contributed by atoms with E-state index < -0.39 is 0 Å². The van der Waals surface area contributed by atoms with E-state index >= 15 is 0 Å². The summed E-state index contributed by atoms with van der Waals surface area (Å²) in [7, 11) is 1.60. The van der Waals surface area contributed by atoms with Crippen LogP contribution in [0.4, 0.5) is 5.69 Å². The molecule has 0 aliphatic heterocycles. The van der Waals surface area contributed by atoms with Crippen molar-refractivity contribution in [1.82, 2.24) is 0 Å². The van der Waals surface area contributed by atoms with E-state index in [1.807, 2.05) is 66.7 Å². The number of benzene rings is 3. The maximum absolute atomic E-state index is 12.0. The zero-order valence-corrected chi connectivity index (χ0v) is 16.0. The molecule has 0 saturated carbocycles. The van der Waals surface area contributed by atoms with Gasteiger partial charge in [0.05, 0.1) is 7.11 Å². The van der Waals surface area contributed by atoms with Crippen molar-refractivity contribution in [2.24, 2.45) is 0 Å². The molecule has 1 amide bonds. The van der Waals surface area contributed by atoms with Crippen LogP contribution >= 0.6 is 0 Å². The van der Waals surface area contributed by atoms with Crippen LogP contribution in [0.3, 0.4) is 0 Å². The summed E-state index contributed by atoms with van der Waals surface area (Å²) in [5, 5.41) is 2.81. The van der Waals surface area contributed by atoms with E-state index in [9.17, 15) is 4.79 Å². The van der Waals surface area contributed by atoms with Crippen LogP contribution in [0, 0.1) is 6.92 Å². The van der Waals surface area contributed by atoms with Gasteiger partial charge in [-0.15, -0.1) is 0 Å². The van der Waals surface area contributed by atoms with Crippen LogP contribution in [0.15, 0.2) is 78.9 Å². The molecule has 0 atom stereocenters. The van der Waals surface area contributed by atoms with Crippen molar-refractivity contribution in [3.63, 3.8) is 0 Å². The first-order valence-corrected chi connectivity index (χ1v) is 9.05. The number of nitrogens with one attached hydrogen (secondary N) is 1. The van der Waals surface area contributed by atoms with E-state index in [4.69, 9.17) is 9.47 Å². The fourth-order valence-electron chi connectivity index (χ4n) is 2.71. The minimum atomic E-state index is -0.190. The number of carbonyl (C=O) groups excluding carboxylic acids is 1. The summed E-state index contributed by atoms with van der Waals surface area (Å²) in [5.41, 5.74) is 3.93. The van der Waals surface area contributed by atoms with Gasteiger partial charge in [-0.3, -0.25) is 4.79 Å². The standard InChI is InChI=1S/C24H23NO3/c1-18-8-6-7-9-20(18)17-28-22-14-12-19(16-23(22)27-2)13-15-24(26)25-21-10-4-3-5-11-21/h3-16H,17H2,1-2H3,(H,25,26). The summed E-state index contributed by atoms with van der Waals surface area (Å²) < 4.78 is 11.4. The molecule has 0 radical (unpaired) electrons. The second-order valence-corrected chi connectivity index (χ2v) is 6.31. The monoisotopic (exact) mass is 373 g/mol. The molecule has 0 saturated heterocycles. The third-order valence-electron chi connectivity index (χ3n) is 4.30. The second-order valence-electron chi connectivity index (χ2n) is 6.31. The topological polar surface area (TPSA) is 47.6 Å². The normalized spacial score (nSPS) is 10.6. The first-order chi connectivity index (χ1) is 13.7. The van der Waals surface area contributed by atoms with Crippen LogP contribution in [-0.2, 0) is 11.4 Å². The van der Waals surface area contributed by atoms with Crippen molar-refractivity contribution in [2.45, 2.75) is 13.5 Å². The molecule has 0 aliphatic carbocycles. The van der Waals surface area contributed by atoms with E-state index in [1.165, 1.54) is 11.6 Å². The number of hydrogen-bond acceptors (Lipinski definition) is 3. The lowest BCUT2D eigenvalue weighted by Gasteiger charge is -2.12. The number of carbonyl (C=O) groups is 1. The minimum Gasteiger partial charge on any atom is -0.493 e. The Morgan fingerprint density at radius 2 is 1.71 bits per heavy atom. The Morgan fingerprint density at radius 1 is 0.964 bits per heavy atom. The van der Waals surface area contributed by atoms with Gasteiger partial charge in [0.2, 0.25) is 5.91 Å². The van der Waals surface area contributed by atoms with E-state index in [1.54, 1.807) is 13.2 Å². The number of hydrogen-bond donors (Lipinski definition) is 1. The zero-order valence-electron chi connectivity index (χ0n) is 16.0. The van der Waals surface area contributed by atoms with Crippen molar-refractivity contribution in [3.8, 4) is 11.5 Å². The van der Waals surface area contributed by atoms with Gasteiger partial charge >= 0.3 is 0 Å². The Hall–Kier alpha value is -3.53. The van der Waals surface area contributed by atoms with Crippen LogP contribution in [-0.4, -0.2) is 13.0 Å². The molecule has 3 rings (SSSR count). The molecule has 142 valence electrons. The molecule has 0 unspecified atom stereocenters. The summed E-state index contributed by atoms with van der Waals surface area (Å²) >= 11 is 0. The third kappa shape index (κ3) is 5.24. The van der Waals surface area contributed by atoms with Crippen LogP contribution in [0.25, 0.3) is 6.08 Å². The highest BCUT2D eigenvalue weighted by Gasteiger charge is 2.07. The average molecular weight is 373 g/mol. The molecule has 1 N–H and O–H groups in total. The minimum absolute atomic E-state index is 0.190. The molecule has 0 bridgehead atoms. The number of anilines is 1. The molecule has 4 nitrogen and oxygen atoms in total. The van der Waals surface area contributed by atoms with Gasteiger partial charge in [-0.25, -0.2) is 0 Å². The number of methoxy groups -OCH3 is 1. The molecule has 0 fully saturated rings. The number of rotatable bonds is 7. The Balaban J connectivity index is 1.65. The van der Waals surface area contributed by atoms with Gasteiger partial charge in [0.25, 0.3) is 0 Å². The van der Waals surface area contributed by atoms with Gasteiger partial charge in [-0.2, -0.15) is 0 Å². The summed E-state index contributed by atoms with van der Waals surface area (Å²) in [6.07, 6.45) is 3.24. The Kier molecular flexibility index (Phi) is 6.47. The van der Waals surface area contributed by atoms with Crippen molar-refractivity contribution in [1.29, 1.82) is 0 Å². The van der Waals surface area contributed by atoms with Gasteiger partial charge in [-0.05, 0) is 54.0 Å². The van der Waals surface area contributed by atoms with E-state index in [0.29, 0.717) is 18.1 Å². The number of para-hydroxylation sites is 1. The first-order valence-electron chi connectivity index (χ1n) is 9.05. The predicted molar refractivity (Wildman–Crippen MR) is 113 cm³/mol. The summed E-state index contributed by atoms with van der Waals surface area (Å²) in [6.45, 7) is 2.53. The smallest absolute Gasteiger partial charge is 0.248 e. The maximum atomic E-state index is 12.0. The zero-order chi connectivity index (χ0) is 19.8. The molecule has 3 aromatic carbocycles. The largest absolute Gasteiger partial charge is 0.493 e. The maximum Gasteiger partial charge on any atom is 0.248 e. The van der Waals surface area contributed by atoms with Gasteiger partial charge in [0.1, 0.15) is 6.61 Å². The molecular formula is C24H23NO3. The molecule has 28 heavy (non-hydrogen) atoms. The van der Waals surface area contributed by atoms with Crippen molar-refractivity contribution < 1.29 is 14.3 Å². The van der Waals surface area contributed by atoms with Crippen LogP contribution in [0.5, 0.6) is 11.5 Å². The van der Waals surface area contributed by atoms with E-state index in [0.717, 1.165) is 16.8 Å². The molecule has 0 heterocycles. The molecular weight excluding hydrogens is 350 g/mol. The summed E-state index contributed by atoms with van der Waals surface area (Å²) in [5.74, 6) is 1.10. The quantitative estimate of drug-likeness (QED) is 0.577. The van der Waals surface area contributed by atoms with Crippen molar-refractivity contribution in [3.05, 3.63) is 95.6 Å². The lowest BCUT2D eigenvalue weighted by atomic mass is 10.1. The molecule has 4 heteroatoms. The number of amides is 1. The average Bonchev–Trinajstić information content (AvgIpc) is 2.72. The lowest BCUT2D eigenvalue weighted by molar-refractivity contribution is -0.111. The Bertz CT molecular complexity index is 965. The van der Waals surface area contributed by atoms with Crippen LogP contribution in [0.1, 0.15) is 16.7 Å². The van der Waals surface area contributed by atoms with Crippen LogP contribution < -0.4 is 14.8 Å². The first kappa shape index (κ1) is 19.2. The Morgan fingerprint density at radius 3 is 2.46 bits per heavy atom. The number of ether oxygens (including phenoxy) is 2. The van der Waals surface area contributed by atoms with Gasteiger partial charge in [-0.1, -0.05) is 48.5 Å². The highest BCUT2D eigenvalue weighted by molar-refractivity contribution is 6.01. The lowest BCUT2D eigenvalue weighted by Crippen LogP contribution is -2.07. The Labute approximate surface area is 165 Å². The molecule has 3 aromatic rings. The molecule has 0 aromatic heterocycles. The second kappa shape index (κ2) is 9.42. The SMILES string of the molecule is COc1cc(C=CC(=O)Nc2ccccc2)ccc1OCc1ccccc1C. The van der Waals surface area contributed by atoms with E-state index in [-0.39, 0.29) is 5.91 Å². The fraction of sp³-hybridized carbons (Fsp3) is 0.125.